The largest absolute Gasteiger partial charge is 0.449 e. The van der Waals surface area contributed by atoms with E-state index in [-0.39, 0.29) is 17.1 Å². The summed E-state index contributed by atoms with van der Waals surface area (Å²) in [6, 6.07) is 5.21. The Morgan fingerprint density at radius 1 is 1.32 bits per heavy atom. The van der Waals surface area contributed by atoms with Crippen LogP contribution in [-0.2, 0) is 10.3 Å². The molecule has 3 unspecified atom stereocenters. The van der Waals surface area contributed by atoms with Crippen molar-refractivity contribution in [1.29, 1.82) is 5.26 Å². The summed E-state index contributed by atoms with van der Waals surface area (Å²) in [5, 5.41) is 11.0. The fourth-order valence-corrected chi connectivity index (χ4v) is 2.86. The van der Waals surface area contributed by atoms with E-state index in [2.05, 4.69) is 25.0 Å². The zero-order valence-electron chi connectivity index (χ0n) is 15.6. The van der Waals surface area contributed by atoms with Crippen molar-refractivity contribution in [2.75, 3.05) is 5.32 Å². The summed E-state index contributed by atoms with van der Waals surface area (Å²) in [5.74, 6) is -2.27. The number of ether oxygens (including phenoxy) is 1. The number of aromatic nitrogens is 2. The van der Waals surface area contributed by atoms with E-state index in [4.69, 9.17) is 11.0 Å². The first kappa shape index (κ1) is 21.9. The van der Waals surface area contributed by atoms with Crippen LogP contribution in [0.1, 0.15) is 28.7 Å². The minimum atomic E-state index is -5.15. The van der Waals surface area contributed by atoms with Gasteiger partial charge in [0.15, 0.2) is 6.17 Å². The third-order valence-corrected chi connectivity index (χ3v) is 4.41. The van der Waals surface area contributed by atoms with Gasteiger partial charge in [0.2, 0.25) is 6.10 Å². The summed E-state index contributed by atoms with van der Waals surface area (Å²) >= 11 is 0. The number of amidine groups is 1. The standard InChI is InChI=1S/C18H13F5N6O2/c1-17(12(20)14(18(21,22)23)31-16(25)29-17)13-9(19)3-5-11(27-13)28-15(30)10-4-2-8(6-24)7-26-10/h2-5,7,12,14H,1H3,(H2,25,29)(H,27,28,30). The second kappa shape index (κ2) is 7.78. The number of rotatable bonds is 3. The van der Waals surface area contributed by atoms with Crippen LogP contribution < -0.4 is 11.1 Å². The van der Waals surface area contributed by atoms with E-state index in [0.717, 1.165) is 25.3 Å². The van der Waals surface area contributed by atoms with E-state index >= 15 is 0 Å². The number of pyridine rings is 2. The average Bonchev–Trinajstić information content (AvgIpc) is 2.71. The minimum absolute atomic E-state index is 0.119. The summed E-state index contributed by atoms with van der Waals surface area (Å²) in [6.07, 6.45) is -9.88. The number of nitrogens with two attached hydrogens (primary N) is 1. The van der Waals surface area contributed by atoms with Crippen LogP contribution in [0.15, 0.2) is 35.5 Å². The Balaban J connectivity index is 1.95. The van der Waals surface area contributed by atoms with Crippen LogP contribution in [0, 0.1) is 17.1 Å². The number of hydrogen-bond acceptors (Lipinski definition) is 7. The molecule has 1 aliphatic heterocycles. The van der Waals surface area contributed by atoms with E-state index in [9.17, 15) is 26.7 Å². The lowest BCUT2D eigenvalue weighted by Crippen LogP contribution is -2.55. The molecule has 8 nitrogen and oxygen atoms in total. The first-order valence-electron chi connectivity index (χ1n) is 8.53. The van der Waals surface area contributed by atoms with Crippen molar-refractivity contribution in [3.05, 3.63) is 53.2 Å². The van der Waals surface area contributed by atoms with Gasteiger partial charge in [0.1, 0.15) is 34.6 Å². The fourth-order valence-electron chi connectivity index (χ4n) is 2.86. The molecule has 31 heavy (non-hydrogen) atoms. The Morgan fingerprint density at radius 2 is 2.03 bits per heavy atom. The topological polar surface area (TPSA) is 126 Å². The van der Waals surface area contributed by atoms with Crippen molar-refractivity contribution in [3.8, 4) is 6.07 Å². The van der Waals surface area contributed by atoms with E-state index in [1.807, 2.05) is 6.07 Å². The highest BCUT2D eigenvalue weighted by Gasteiger charge is 2.59. The van der Waals surface area contributed by atoms with Crippen LogP contribution in [0.5, 0.6) is 0 Å². The lowest BCUT2D eigenvalue weighted by Gasteiger charge is -2.38. The highest BCUT2D eigenvalue weighted by atomic mass is 19.4. The Kier molecular flexibility index (Phi) is 5.49. The van der Waals surface area contributed by atoms with Gasteiger partial charge in [-0.2, -0.15) is 18.4 Å². The molecule has 13 heteroatoms. The van der Waals surface area contributed by atoms with Crippen molar-refractivity contribution >= 4 is 17.7 Å². The van der Waals surface area contributed by atoms with E-state index < -0.39 is 47.4 Å². The maximum atomic E-state index is 14.8. The molecule has 3 atom stereocenters. The summed E-state index contributed by atoms with van der Waals surface area (Å²) in [5.41, 5.74) is 2.06. The van der Waals surface area contributed by atoms with Gasteiger partial charge in [-0.05, 0) is 31.2 Å². The predicted molar refractivity (Wildman–Crippen MR) is 95.9 cm³/mol. The van der Waals surface area contributed by atoms with Crippen molar-refractivity contribution in [3.63, 3.8) is 0 Å². The van der Waals surface area contributed by atoms with Crippen LogP contribution in [0.2, 0.25) is 0 Å². The molecule has 1 amide bonds. The number of nitrogens with zero attached hydrogens (tertiary/aromatic N) is 4. The maximum Gasteiger partial charge on any atom is 0.428 e. The molecule has 162 valence electrons. The van der Waals surface area contributed by atoms with Gasteiger partial charge in [0.25, 0.3) is 11.9 Å². The van der Waals surface area contributed by atoms with Gasteiger partial charge in [0, 0.05) is 6.20 Å². The zero-order chi connectivity index (χ0) is 23.0. The number of amides is 1. The molecule has 0 saturated carbocycles. The molecule has 0 saturated heterocycles. The molecule has 0 aliphatic carbocycles. The average molecular weight is 440 g/mol. The minimum Gasteiger partial charge on any atom is -0.449 e. The smallest absolute Gasteiger partial charge is 0.428 e. The van der Waals surface area contributed by atoms with Crippen molar-refractivity contribution in [2.24, 2.45) is 10.7 Å². The maximum absolute atomic E-state index is 14.8. The van der Waals surface area contributed by atoms with Crippen LogP contribution in [0.25, 0.3) is 0 Å². The van der Waals surface area contributed by atoms with Crippen LogP contribution in [0.3, 0.4) is 0 Å². The number of anilines is 1. The monoisotopic (exact) mass is 440 g/mol. The number of nitrogens with one attached hydrogen (secondary N) is 1. The molecule has 3 N–H and O–H groups in total. The van der Waals surface area contributed by atoms with Crippen molar-refractivity contribution < 1.29 is 31.5 Å². The molecular weight excluding hydrogens is 427 g/mol. The Morgan fingerprint density at radius 3 is 2.61 bits per heavy atom. The first-order valence-corrected chi connectivity index (χ1v) is 8.53. The molecule has 3 heterocycles. The third kappa shape index (κ3) is 4.23. The molecular formula is C18H13F5N6O2. The van der Waals surface area contributed by atoms with Gasteiger partial charge in [0.05, 0.1) is 5.56 Å². The quantitative estimate of drug-likeness (QED) is 0.707. The fraction of sp³-hybridized carbons (Fsp3) is 0.278. The molecule has 3 rings (SSSR count). The predicted octanol–water partition coefficient (Wildman–Crippen LogP) is 2.57. The van der Waals surface area contributed by atoms with Gasteiger partial charge in [-0.25, -0.2) is 23.7 Å². The SMILES string of the molecule is CC1(c2nc(NC(=O)c3ccc(C#N)cn3)ccc2F)N=C(N)OC(C(F)(F)F)C1F. The van der Waals surface area contributed by atoms with E-state index in [0.29, 0.717) is 0 Å². The normalized spacial score (nSPS) is 23.3. The number of aliphatic imine (C=N–C) groups is 1. The zero-order valence-corrected chi connectivity index (χ0v) is 15.6. The van der Waals surface area contributed by atoms with E-state index in [1.165, 1.54) is 12.1 Å². The Labute approximate surface area is 171 Å². The van der Waals surface area contributed by atoms with Gasteiger partial charge < -0.3 is 15.8 Å². The number of alkyl halides is 4. The first-order chi connectivity index (χ1) is 14.5. The van der Waals surface area contributed by atoms with Gasteiger partial charge in [-0.15, -0.1) is 0 Å². The van der Waals surface area contributed by atoms with Crippen LogP contribution >= 0.6 is 0 Å². The second-order valence-electron chi connectivity index (χ2n) is 6.60. The summed E-state index contributed by atoms with van der Waals surface area (Å²) in [4.78, 5) is 23.3. The number of nitriles is 1. The lowest BCUT2D eigenvalue weighted by molar-refractivity contribution is -0.227. The third-order valence-electron chi connectivity index (χ3n) is 4.41. The lowest BCUT2D eigenvalue weighted by atomic mass is 9.87. The number of carbonyl (C=O) groups excluding carboxylic acids is 1. The molecule has 0 aromatic carbocycles. The summed E-state index contributed by atoms with van der Waals surface area (Å²) in [7, 11) is 0. The second-order valence-corrected chi connectivity index (χ2v) is 6.60. The van der Waals surface area contributed by atoms with Crippen molar-refractivity contribution in [2.45, 2.75) is 30.9 Å². The Hall–Kier alpha value is -3.82. The van der Waals surface area contributed by atoms with Crippen LogP contribution in [-0.4, -0.2) is 40.3 Å². The Bertz CT molecular complexity index is 1080. The molecule has 2 aromatic heterocycles. The molecule has 0 fully saturated rings. The highest BCUT2D eigenvalue weighted by molar-refractivity contribution is 6.02. The molecule has 1 aliphatic rings. The molecule has 0 spiro atoms. The highest BCUT2D eigenvalue weighted by Crippen LogP contribution is 2.42. The molecule has 0 radical (unpaired) electrons. The number of carbonyl (C=O) groups is 1. The molecule has 0 bridgehead atoms. The summed E-state index contributed by atoms with van der Waals surface area (Å²) < 4.78 is 73.0. The number of halogens is 5. The summed E-state index contributed by atoms with van der Waals surface area (Å²) in [6.45, 7) is 0.880. The van der Waals surface area contributed by atoms with Gasteiger partial charge >= 0.3 is 6.18 Å². The van der Waals surface area contributed by atoms with Gasteiger partial charge in [-0.3, -0.25) is 4.79 Å². The molecule has 2 aromatic rings. The number of hydrogen-bond donors (Lipinski definition) is 2. The van der Waals surface area contributed by atoms with Crippen LogP contribution in [0.4, 0.5) is 27.8 Å². The van der Waals surface area contributed by atoms with Gasteiger partial charge in [-0.1, -0.05) is 0 Å². The van der Waals surface area contributed by atoms with Crippen molar-refractivity contribution in [1.82, 2.24) is 9.97 Å². The van der Waals surface area contributed by atoms with E-state index in [1.54, 1.807) is 0 Å².